The summed E-state index contributed by atoms with van der Waals surface area (Å²) in [4.78, 5) is 34.1. The van der Waals surface area contributed by atoms with Gasteiger partial charge in [-0.3, -0.25) is 0 Å². The lowest BCUT2D eigenvalue weighted by Gasteiger charge is -2.38. The first-order valence-electron chi connectivity index (χ1n) is 8.38. The summed E-state index contributed by atoms with van der Waals surface area (Å²) in [5.74, 6) is -2.61. The maximum absolute atomic E-state index is 11.7. The minimum Gasteiger partial charge on any atom is -0.478 e. The molecule has 0 radical (unpaired) electrons. The quantitative estimate of drug-likeness (QED) is 0.444. The van der Waals surface area contributed by atoms with Crippen molar-refractivity contribution < 1.29 is 29.6 Å². The van der Waals surface area contributed by atoms with Gasteiger partial charge < -0.3 is 10.2 Å². The number of hydrogen-bond donors (Lipinski definition) is 2. The third kappa shape index (κ3) is 4.67. The fraction of sp³-hybridized carbons (Fsp3) is 0.474. The van der Waals surface area contributed by atoms with Gasteiger partial charge in [0.2, 0.25) is 0 Å². The topological polar surface area (TPSA) is 93.1 Å². The van der Waals surface area contributed by atoms with E-state index in [0.717, 1.165) is 24.8 Å². The molecular formula is C19H24O6. The Morgan fingerprint density at radius 3 is 2.20 bits per heavy atom. The van der Waals surface area contributed by atoms with Crippen LogP contribution in [0.3, 0.4) is 0 Å². The first-order valence-corrected chi connectivity index (χ1v) is 8.38. The molecule has 0 spiro atoms. The monoisotopic (exact) mass is 348 g/mol. The Bertz CT molecular complexity index is 641. The van der Waals surface area contributed by atoms with Gasteiger partial charge in [0.25, 0.3) is 0 Å². The maximum Gasteiger partial charge on any atom is 0.334 e. The molecule has 1 aliphatic rings. The lowest BCUT2D eigenvalue weighted by atomic mass is 9.79. The Hall–Kier alpha value is -2.18. The zero-order chi connectivity index (χ0) is 18.5. The molecular weight excluding hydrogens is 324 g/mol. The summed E-state index contributed by atoms with van der Waals surface area (Å²) in [6.45, 7) is 3.64. The SMILES string of the molecule is CC(C)(OOC1(C(=CC(=O)O)C(=O)O)CCCCC1)c1ccccc1. The molecule has 1 aromatic rings. The highest BCUT2D eigenvalue weighted by molar-refractivity contribution is 5.96. The van der Waals surface area contributed by atoms with E-state index >= 15 is 0 Å². The van der Waals surface area contributed by atoms with Crippen LogP contribution in [0.5, 0.6) is 0 Å². The van der Waals surface area contributed by atoms with Crippen LogP contribution in [0.4, 0.5) is 0 Å². The van der Waals surface area contributed by atoms with E-state index in [2.05, 4.69) is 0 Å². The molecule has 1 fully saturated rings. The largest absolute Gasteiger partial charge is 0.478 e. The number of aliphatic carboxylic acids is 2. The van der Waals surface area contributed by atoms with Crippen LogP contribution in [0.1, 0.15) is 51.5 Å². The van der Waals surface area contributed by atoms with Gasteiger partial charge in [0.05, 0.1) is 5.57 Å². The van der Waals surface area contributed by atoms with Gasteiger partial charge in [0.15, 0.2) is 0 Å². The van der Waals surface area contributed by atoms with Crippen LogP contribution < -0.4 is 0 Å². The lowest BCUT2D eigenvalue weighted by Crippen LogP contribution is -2.42. The molecule has 0 unspecified atom stereocenters. The Balaban J connectivity index is 2.29. The number of rotatable bonds is 7. The zero-order valence-electron chi connectivity index (χ0n) is 14.5. The summed E-state index contributed by atoms with van der Waals surface area (Å²) in [7, 11) is 0. The van der Waals surface area contributed by atoms with Crippen LogP contribution in [-0.2, 0) is 25.0 Å². The second-order valence-corrected chi connectivity index (χ2v) is 6.80. The van der Waals surface area contributed by atoms with Gasteiger partial charge in [-0.2, -0.15) is 0 Å². The molecule has 1 saturated carbocycles. The predicted octanol–water partition coefficient (Wildman–Crippen LogP) is 3.67. The first-order chi connectivity index (χ1) is 11.8. The van der Waals surface area contributed by atoms with Gasteiger partial charge in [0.1, 0.15) is 11.2 Å². The fourth-order valence-corrected chi connectivity index (χ4v) is 3.10. The molecule has 6 heteroatoms. The average Bonchev–Trinajstić information content (AvgIpc) is 2.59. The third-order valence-electron chi connectivity index (χ3n) is 4.53. The van der Waals surface area contributed by atoms with Crippen molar-refractivity contribution >= 4 is 11.9 Å². The normalized spacial score (nSPS) is 17.9. The Morgan fingerprint density at radius 1 is 1.08 bits per heavy atom. The highest BCUT2D eigenvalue weighted by Crippen LogP contribution is 2.40. The summed E-state index contributed by atoms with van der Waals surface area (Å²) in [6.07, 6.45) is 3.98. The first kappa shape index (κ1) is 19.1. The van der Waals surface area contributed by atoms with E-state index in [1.165, 1.54) is 0 Å². The van der Waals surface area contributed by atoms with Crippen LogP contribution in [-0.4, -0.2) is 27.8 Å². The molecule has 0 saturated heterocycles. The molecule has 25 heavy (non-hydrogen) atoms. The van der Waals surface area contributed by atoms with E-state index in [1.54, 1.807) is 0 Å². The van der Waals surface area contributed by atoms with Crippen molar-refractivity contribution in [2.24, 2.45) is 0 Å². The number of carboxylic acids is 2. The van der Waals surface area contributed by atoms with E-state index in [1.807, 2.05) is 44.2 Å². The Kier molecular flexibility index (Phi) is 5.98. The van der Waals surface area contributed by atoms with E-state index in [4.69, 9.17) is 14.9 Å². The van der Waals surface area contributed by atoms with Crippen LogP contribution in [0.25, 0.3) is 0 Å². The fourth-order valence-electron chi connectivity index (χ4n) is 3.10. The molecule has 6 nitrogen and oxygen atoms in total. The standard InChI is InChI=1S/C19H24O6/c1-18(2,14-9-5-3-6-10-14)24-25-19(11-7-4-8-12-19)15(17(22)23)13-16(20)21/h3,5-6,9-10,13H,4,7-8,11-12H2,1-2H3,(H,20,21)(H,22,23). The van der Waals surface area contributed by atoms with Gasteiger partial charge >= 0.3 is 11.9 Å². The highest BCUT2D eigenvalue weighted by Gasteiger charge is 2.44. The van der Waals surface area contributed by atoms with Crippen LogP contribution in [0.15, 0.2) is 42.0 Å². The number of hydrogen-bond acceptors (Lipinski definition) is 4. The van der Waals surface area contributed by atoms with Crippen molar-refractivity contribution in [1.29, 1.82) is 0 Å². The number of benzene rings is 1. The van der Waals surface area contributed by atoms with Gasteiger partial charge in [-0.05, 0) is 32.3 Å². The van der Waals surface area contributed by atoms with Crippen molar-refractivity contribution in [3.63, 3.8) is 0 Å². The average molecular weight is 348 g/mol. The highest BCUT2D eigenvalue weighted by atomic mass is 17.2. The summed E-state index contributed by atoms with van der Waals surface area (Å²) < 4.78 is 0. The van der Waals surface area contributed by atoms with E-state index in [0.29, 0.717) is 18.9 Å². The molecule has 0 atom stereocenters. The van der Waals surface area contributed by atoms with Crippen molar-refractivity contribution in [3.8, 4) is 0 Å². The maximum atomic E-state index is 11.7. The van der Waals surface area contributed by atoms with E-state index in [9.17, 15) is 14.7 Å². The van der Waals surface area contributed by atoms with Crippen molar-refractivity contribution in [2.75, 3.05) is 0 Å². The molecule has 136 valence electrons. The van der Waals surface area contributed by atoms with Crippen molar-refractivity contribution in [1.82, 2.24) is 0 Å². The molecule has 1 aromatic carbocycles. The molecule has 0 amide bonds. The second-order valence-electron chi connectivity index (χ2n) is 6.80. The summed E-state index contributed by atoms with van der Waals surface area (Å²) in [6, 6.07) is 9.43. The minimum atomic E-state index is -1.31. The van der Waals surface area contributed by atoms with Crippen LogP contribution in [0, 0.1) is 0 Å². The molecule has 1 aliphatic carbocycles. The molecule has 2 N–H and O–H groups in total. The second kappa shape index (κ2) is 7.80. The van der Waals surface area contributed by atoms with E-state index < -0.39 is 23.1 Å². The van der Waals surface area contributed by atoms with Gasteiger partial charge in [0, 0.05) is 6.08 Å². The summed E-state index contributed by atoms with van der Waals surface area (Å²) in [5, 5.41) is 18.6. The lowest BCUT2D eigenvalue weighted by molar-refractivity contribution is -0.407. The molecule has 2 rings (SSSR count). The molecule has 0 heterocycles. The Labute approximate surface area is 147 Å². The predicted molar refractivity (Wildman–Crippen MR) is 90.8 cm³/mol. The smallest absolute Gasteiger partial charge is 0.334 e. The summed E-state index contributed by atoms with van der Waals surface area (Å²) >= 11 is 0. The van der Waals surface area contributed by atoms with Crippen molar-refractivity contribution in [3.05, 3.63) is 47.5 Å². The number of carbonyl (C=O) groups is 2. The van der Waals surface area contributed by atoms with Crippen molar-refractivity contribution in [2.45, 2.75) is 57.2 Å². The van der Waals surface area contributed by atoms with Crippen LogP contribution >= 0.6 is 0 Å². The summed E-state index contributed by atoms with van der Waals surface area (Å²) in [5.41, 5.74) is -1.46. The van der Waals surface area contributed by atoms with Crippen LogP contribution in [0.2, 0.25) is 0 Å². The molecule has 0 aromatic heterocycles. The molecule has 0 bridgehead atoms. The van der Waals surface area contributed by atoms with Gasteiger partial charge in [-0.1, -0.05) is 49.6 Å². The van der Waals surface area contributed by atoms with Gasteiger partial charge in [-0.25, -0.2) is 19.4 Å². The van der Waals surface area contributed by atoms with E-state index in [-0.39, 0.29) is 5.57 Å². The minimum absolute atomic E-state index is 0.274. The zero-order valence-corrected chi connectivity index (χ0v) is 14.5. The Morgan fingerprint density at radius 2 is 1.68 bits per heavy atom. The molecule has 0 aliphatic heterocycles. The van der Waals surface area contributed by atoms with Gasteiger partial charge in [-0.15, -0.1) is 0 Å². The number of carboxylic acid groups (broad SMARTS) is 2. The third-order valence-corrected chi connectivity index (χ3v) is 4.53.